The first-order valence-electron chi connectivity index (χ1n) is 9.29. The number of hydrogen-bond acceptors (Lipinski definition) is 2. The molecular formula is C22H26Cl2N2S. The molecule has 5 heteroatoms. The van der Waals surface area contributed by atoms with E-state index in [1.807, 2.05) is 6.07 Å². The molecule has 27 heavy (non-hydrogen) atoms. The Bertz CT molecular complexity index is 900. The van der Waals surface area contributed by atoms with Crippen molar-refractivity contribution in [3.05, 3.63) is 64.8 Å². The lowest BCUT2D eigenvalue weighted by atomic mass is 10.1. The average molecular weight is 421 g/mol. The number of likely N-dealkylation sites (tertiary alicyclic amines) is 1. The molecule has 2 nitrogen and oxygen atoms in total. The molecule has 0 radical (unpaired) electrons. The first-order valence-corrected chi connectivity index (χ1v) is 10.5. The lowest BCUT2D eigenvalue weighted by Crippen LogP contribution is -2.34. The second kappa shape index (κ2) is 8.91. The number of halogens is 2. The highest BCUT2D eigenvalue weighted by molar-refractivity contribution is 8.00. The number of aromatic nitrogens is 1. The van der Waals surface area contributed by atoms with E-state index in [0.717, 1.165) is 11.6 Å². The second-order valence-corrected chi connectivity index (χ2v) is 8.96. The molecule has 1 aromatic heterocycles. The predicted octanol–water partition coefficient (Wildman–Crippen LogP) is 6.32. The lowest BCUT2D eigenvalue weighted by Gasteiger charge is -2.31. The van der Waals surface area contributed by atoms with Crippen molar-refractivity contribution in [2.24, 2.45) is 7.05 Å². The number of benzene rings is 2. The molecule has 0 saturated carbocycles. The first-order chi connectivity index (χ1) is 12.6. The molecule has 1 aliphatic rings. The molecule has 1 saturated heterocycles. The van der Waals surface area contributed by atoms with Crippen LogP contribution in [0.1, 0.15) is 24.1 Å². The van der Waals surface area contributed by atoms with E-state index >= 15 is 0 Å². The van der Waals surface area contributed by atoms with E-state index in [9.17, 15) is 0 Å². The third-order valence-corrected chi connectivity index (χ3v) is 7.26. The molecule has 0 aliphatic carbocycles. The van der Waals surface area contributed by atoms with E-state index < -0.39 is 0 Å². The van der Waals surface area contributed by atoms with Gasteiger partial charge in [0.15, 0.2) is 0 Å². The molecule has 0 amide bonds. The maximum absolute atomic E-state index is 6.27. The zero-order valence-corrected chi connectivity index (χ0v) is 18.2. The fraction of sp³-hybridized carbons (Fsp3) is 0.364. The van der Waals surface area contributed by atoms with Gasteiger partial charge in [0, 0.05) is 45.4 Å². The summed E-state index contributed by atoms with van der Waals surface area (Å²) in [6.07, 6.45) is 2.49. The number of piperidine rings is 1. The lowest BCUT2D eigenvalue weighted by molar-refractivity contribution is 0.225. The van der Waals surface area contributed by atoms with Gasteiger partial charge in [-0.1, -0.05) is 41.9 Å². The van der Waals surface area contributed by atoms with Gasteiger partial charge in [-0.15, -0.1) is 24.2 Å². The van der Waals surface area contributed by atoms with Gasteiger partial charge >= 0.3 is 0 Å². The van der Waals surface area contributed by atoms with Gasteiger partial charge in [0.05, 0.1) is 0 Å². The van der Waals surface area contributed by atoms with E-state index in [0.29, 0.717) is 5.25 Å². The van der Waals surface area contributed by atoms with Crippen molar-refractivity contribution in [2.45, 2.75) is 36.5 Å². The van der Waals surface area contributed by atoms with Gasteiger partial charge in [0.2, 0.25) is 0 Å². The SMILES string of the molecule is Cc1c(SC2CCN(Cc3ccccc3)CC2)c2cc(Cl)ccc2n1C.Cl. The van der Waals surface area contributed by atoms with Gasteiger partial charge in [0.25, 0.3) is 0 Å². The highest BCUT2D eigenvalue weighted by Crippen LogP contribution is 2.39. The second-order valence-electron chi connectivity index (χ2n) is 7.21. The van der Waals surface area contributed by atoms with Crippen LogP contribution in [0.4, 0.5) is 0 Å². The molecule has 0 N–H and O–H groups in total. The molecule has 2 heterocycles. The molecule has 4 rings (SSSR count). The number of rotatable bonds is 4. The van der Waals surface area contributed by atoms with E-state index in [1.165, 1.54) is 53.0 Å². The molecule has 144 valence electrons. The smallest absolute Gasteiger partial charge is 0.0492 e. The summed E-state index contributed by atoms with van der Waals surface area (Å²) >= 11 is 8.32. The molecule has 0 atom stereocenters. The van der Waals surface area contributed by atoms with Crippen LogP contribution in [-0.4, -0.2) is 27.8 Å². The Morgan fingerprint density at radius 1 is 1.07 bits per heavy atom. The minimum absolute atomic E-state index is 0. The van der Waals surface area contributed by atoms with Crippen molar-refractivity contribution in [3.8, 4) is 0 Å². The van der Waals surface area contributed by atoms with Crippen LogP contribution in [0.5, 0.6) is 0 Å². The predicted molar refractivity (Wildman–Crippen MR) is 121 cm³/mol. The van der Waals surface area contributed by atoms with Crippen LogP contribution in [-0.2, 0) is 13.6 Å². The molecule has 2 aromatic carbocycles. The molecule has 0 spiro atoms. The summed E-state index contributed by atoms with van der Waals surface area (Å²) in [5.41, 5.74) is 4.04. The van der Waals surface area contributed by atoms with Crippen molar-refractivity contribution in [1.29, 1.82) is 0 Å². The van der Waals surface area contributed by atoms with E-state index in [2.05, 4.69) is 77.7 Å². The van der Waals surface area contributed by atoms with Crippen LogP contribution >= 0.6 is 35.8 Å². The van der Waals surface area contributed by atoms with Gasteiger partial charge < -0.3 is 4.57 Å². The molecule has 0 unspecified atom stereocenters. The number of fused-ring (bicyclic) bond motifs is 1. The fourth-order valence-electron chi connectivity index (χ4n) is 3.85. The Hall–Kier alpha value is -1.13. The Balaban J connectivity index is 0.00000210. The Morgan fingerprint density at radius 3 is 2.48 bits per heavy atom. The van der Waals surface area contributed by atoms with Crippen molar-refractivity contribution in [1.82, 2.24) is 9.47 Å². The van der Waals surface area contributed by atoms with Gasteiger partial charge in [-0.3, -0.25) is 4.90 Å². The summed E-state index contributed by atoms with van der Waals surface area (Å²) in [5.74, 6) is 0. The standard InChI is InChI=1S/C22H25ClN2S.ClH/c1-16-22(20-14-18(23)8-9-21(20)24(16)2)26-19-10-12-25(13-11-19)15-17-6-4-3-5-7-17;/h3-9,14,19H,10-13,15H2,1-2H3;1H. The third kappa shape index (κ3) is 4.48. The fourth-order valence-corrected chi connectivity index (χ4v) is 5.40. The van der Waals surface area contributed by atoms with Crippen molar-refractivity contribution < 1.29 is 0 Å². The summed E-state index contributed by atoms with van der Waals surface area (Å²) in [6, 6.07) is 17.0. The Morgan fingerprint density at radius 2 is 1.78 bits per heavy atom. The van der Waals surface area contributed by atoms with Crippen LogP contribution in [0.15, 0.2) is 53.4 Å². The molecule has 1 aliphatic heterocycles. The Labute approximate surface area is 177 Å². The maximum Gasteiger partial charge on any atom is 0.0492 e. The van der Waals surface area contributed by atoms with Gasteiger partial charge in [-0.2, -0.15) is 0 Å². The van der Waals surface area contributed by atoms with E-state index in [1.54, 1.807) is 0 Å². The topological polar surface area (TPSA) is 8.17 Å². The van der Waals surface area contributed by atoms with Crippen molar-refractivity contribution >= 4 is 46.7 Å². The van der Waals surface area contributed by atoms with Crippen LogP contribution in [0.2, 0.25) is 5.02 Å². The first kappa shape index (κ1) is 20.6. The minimum Gasteiger partial charge on any atom is -0.347 e. The number of thioether (sulfide) groups is 1. The van der Waals surface area contributed by atoms with Crippen molar-refractivity contribution in [3.63, 3.8) is 0 Å². The summed E-state index contributed by atoms with van der Waals surface area (Å²) in [7, 11) is 2.15. The largest absolute Gasteiger partial charge is 0.347 e. The average Bonchev–Trinajstić information content (AvgIpc) is 2.88. The van der Waals surface area contributed by atoms with Crippen LogP contribution in [0.25, 0.3) is 10.9 Å². The van der Waals surface area contributed by atoms with Crippen LogP contribution in [0, 0.1) is 6.92 Å². The number of nitrogens with zero attached hydrogens (tertiary/aromatic N) is 2. The molecule has 0 bridgehead atoms. The monoisotopic (exact) mass is 420 g/mol. The molecule has 1 fully saturated rings. The van der Waals surface area contributed by atoms with Crippen molar-refractivity contribution in [2.75, 3.05) is 13.1 Å². The molecular weight excluding hydrogens is 395 g/mol. The normalized spacial score (nSPS) is 15.8. The highest BCUT2D eigenvalue weighted by Gasteiger charge is 2.23. The summed E-state index contributed by atoms with van der Waals surface area (Å²) in [4.78, 5) is 3.99. The maximum atomic E-state index is 6.27. The van der Waals surface area contributed by atoms with E-state index in [4.69, 9.17) is 11.6 Å². The quantitative estimate of drug-likeness (QED) is 0.487. The summed E-state index contributed by atoms with van der Waals surface area (Å²) < 4.78 is 2.29. The third-order valence-electron chi connectivity index (χ3n) is 5.46. The highest BCUT2D eigenvalue weighted by atomic mass is 35.5. The zero-order chi connectivity index (χ0) is 18.1. The summed E-state index contributed by atoms with van der Waals surface area (Å²) in [6.45, 7) is 5.65. The van der Waals surface area contributed by atoms with Crippen LogP contribution in [0.3, 0.4) is 0 Å². The zero-order valence-electron chi connectivity index (χ0n) is 15.8. The van der Waals surface area contributed by atoms with Gasteiger partial charge in [-0.25, -0.2) is 0 Å². The van der Waals surface area contributed by atoms with Gasteiger partial charge in [0.1, 0.15) is 0 Å². The van der Waals surface area contributed by atoms with Gasteiger partial charge in [-0.05, 0) is 56.6 Å². The minimum atomic E-state index is 0. The number of aryl methyl sites for hydroxylation is 1. The molecule has 3 aromatic rings. The summed E-state index contributed by atoms with van der Waals surface area (Å²) in [5, 5.41) is 2.81. The van der Waals surface area contributed by atoms with Crippen LogP contribution < -0.4 is 0 Å². The van der Waals surface area contributed by atoms with E-state index in [-0.39, 0.29) is 12.4 Å². The number of hydrogen-bond donors (Lipinski definition) is 0. The Kier molecular flexibility index (Phi) is 6.80.